The van der Waals surface area contributed by atoms with Gasteiger partial charge in [-0.25, -0.2) is 0 Å². The van der Waals surface area contributed by atoms with Gasteiger partial charge in [0.25, 0.3) is 0 Å². The second kappa shape index (κ2) is 6.18. The van der Waals surface area contributed by atoms with Crippen LogP contribution in [0.3, 0.4) is 0 Å². The number of benzene rings is 1. The summed E-state index contributed by atoms with van der Waals surface area (Å²) in [6, 6.07) is 9.69. The highest BCUT2D eigenvalue weighted by Crippen LogP contribution is 2.10. The van der Waals surface area contributed by atoms with E-state index in [2.05, 4.69) is 48.3 Å². The van der Waals surface area contributed by atoms with Gasteiger partial charge in [-0.05, 0) is 44.0 Å². The van der Waals surface area contributed by atoms with Crippen molar-refractivity contribution in [2.24, 2.45) is 0 Å². The van der Waals surface area contributed by atoms with Gasteiger partial charge in [-0.15, -0.1) is 0 Å². The van der Waals surface area contributed by atoms with Gasteiger partial charge < -0.3 is 5.32 Å². The maximum Gasteiger partial charge on any atom is 0.0234 e. The molecule has 0 amide bonds. The third-order valence-electron chi connectivity index (χ3n) is 3.51. The Balaban J connectivity index is 1.94. The highest BCUT2D eigenvalue weighted by molar-refractivity contribution is 5.22. The zero-order valence-corrected chi connectivity index (χ0v) is 11.1. The second-order valence-corrected chi connectivity index (χ2v) is 5.11. The lowest BCUT2D eigenvalue weighted by atomic mass is 10.1. The van der Waals surface area contributed by atoms with Crippen molar-refractivity contribution in [1.29, 1.82) is 0 Å². The molecule has 0 saturated carbocycles. The summed E-state index contributed by atoms with van der Waals surface area (Å²) in [4.78, 5) is 2.56. The molecular formula is C15H24N2. The molecule has 1 aromatic carbocycles. The van der Waals surface area contributed by atoms with Crippen LogP contribution in [0, 0.1) is 0 Å². The molecule has 1 fully saturated rings. The van der Waals surface area contributed by atoms with Gasteiger partial charge in [0.15, 0.2) is 0 Å². The Morgan fingerprint density at radius 2 is 1.94 bits per heavy atom. The monoisotopic (exact) mass is 232 g/mol. The molecule has 2 rings (SSSR count). The number of nitrogens with zero attached hydrogens (tertiary/aromatic N) is 1. The molecule has 1 aliphatic heterocycles. The first-order chi connectivity index (χ1) is 8.28. The minimum absolute atomic E-state index is 0.618. The topological polar surface area (TPSA) is 15.3 Å². The van der Waals surface area contributed by atoms with Crippen molar-refractivity contribution in [3.8, 4) is 0 Å². The van der Waals surface area contributed by atoms with Crippen molar-refractivity contribution < 1.29 is 0 Å². The second-order valence-electron chi connectivity index (χ2n) is 5.11. The molecule has 1 N–H and O–H groups in total. The van der Waals surface area contributed by atoms with Crippen LogP contribution in [0.15, 0.2) is 24.3 Å². The minimum Gasteiger partial charge on any atom is -0.313 e. The fraction of sp³-hybridized carbons (Fsp3) is 0.600. The summed E-state index contributed by atoms with van der Waals surface area (Å²) in [6.45, 7) is 9.11. The molecule has 0 spiro atoms. The van der Waals surface area contributed by atoms with E-state index in [4.69, 9.17) is 0 Å². The van der Waals surface area contributed by atoms with Crippen molar-refractivity contribution in [2.75, 3.05) is 19.6 Å². The summed E-state index contributed by atoms with van der Waals surface area (Å²) < 4.78 is 0. The van der Waals surface area contributed by atoms with Crippen LogP contribution >= 0.6 is 0 Å². The molecule has 2 nitrogen and oxygen atoms in total. The number of hydrogen-bond donors (Lipinski definition) is 1. The zero-order valence-electron chi connectivity index (χ0n) is 11.1. The van der Waals surface area contributed by atoms with Crippen molar-refractivity contribution in [1.82, 2.24) is 10.2 Å². The Hall–Kier alpha value is -0.860. The Morgan fingerprint density at radius 1 is 1.24 bits per heavy atom. The van der Waals surface area contributed by atoms with Gasteiger partial charge in [-0.3, -0.25) is 4.90 Å². The van der Waals surface area contributed by atoms with E-state index in [1.807, 2.05) is 0 Å². The smallest absolute Gasteiger partial charge is 0.0234 e. The highest BCUT2D eigenvalue weighted by atomic mass is 15.2. The molecular weight excluding hydrogens is 208 g/mol. The predicted molar refractivity (Wildman–Crippen MR) is 73.2 cm³/mol. The van der Waals surface area contributed by atoms with E-state index in [1.165, 1.54) is 24.1 Å². The summed E-state index contributed by atoms with van der Waals surface area (Å²) in [5.74, 6) is 0. The molecule has 0 aromatic heterocycles. The first-order valence-electron chi connectivity index (χ1n) is 6.81. The molecule has 2 heteroatoms. The summed E-state index contributed by atoms with van der Waals surface area (Å²) in [5, 5.41) is 3.54. The number of aryl methyl sites for hydroxylation is 1. The molecule has 1 unspecified atom stereocenters. The summed E-state index contributed by atoms with van der Waals surface area (Å²) in [6.07, 6.45) is 2.39. The molecule has 1 aliphatic rings. The van der Waals surface area contributed by atoms with E-state index in [1.54, 1.807) is 0 Å². The van der Waals surface area contributed by atoms with Gasteiger partial charge in [0.05, 0.1) is 0 Å². The lowest BCUT2D eigenvalue weighted by Crippen LogP contribution is -2.34. The SMILES string of the molecule is CCc1ccc(CN2CCCNC(C)C2)cc1. The van der Waals surface area contributed by atoms with E-state index in [9.17, 15) is 0 Å². The van der Waals surface area contributed by atoms with Gasteiger partial charge in [-0.1, -0.05) is 31.2 Å². The van der Waals surface area contributed by atoms with Crippen molar-refractivity contribution >= 4 is 0 Å². The fourth-order valence-electron chi connectivity index (χ4n) is 2.48. The van der Waals surface area contributed by atoms with Gasteiger partial charge in [0.1, 0.15) is 0 Å². The number of hydrogen-bond acceptors (Lipinski definition) is 2. The molecule has 1 saturated heterocycles. The van der Waals surface area contributed by atoms with Crippen molar-refractivity contribution in [3.63, 3.8) is 0 Å². The molecule has 1 aromatic rings. The average molecular weight is 232 g/mol. The Labute approximate surface area is 105 Å². The van der Waals surface area contributed by atoms with E-state index in [0.717, 1.165) is 26.1 Å². The number of nitrogens with one attached hydrogen (secondary N) is 1. The van der Waals surface area contributed by atoms with E-state index in [0.29, 0.717) is 6.04 Å². The maximum atomic E-state index is 3.54. The molecule has 1 atom stereocenters. The maximum absolute atomic E-state index is 3.54. The zero-order chi connectivity index (χ0) is 12.1. The largest absolute Gasteiger partial charge is 0.313 e. The van der Waals surface area contributed by atoms with Gasteiger partial charge in [-0.2, -0.15) is 0 Å². The van der Waals surface area contributed by atoms with Crippen molar-refractivity contribution in [3.05, 3.63) is 35.4 Å². The Morgan fingerprint density at radius 3 is 2.65 bits per heavy atom. The van der Waals surface area contributed by atoms with Crippen LogP contribution in [0.5, 0.6) is 0 Å². The quantitative estimate of drug-likeness (QED) is 0.861. The lowest BCUT2D eigenvalue weighted by molar-refractivity contribution is 0.265. The summed E-state index contributed by atoms with van der Waals surface area (Å²) in [7, 11) is 0. The molecule has 17 heavy (non-hydrogen) atoms. The van der Waals surface area contributed by atoms with E-state index < -0.39 is 0 Å². The fourth-order valence-corrected chi connectivity index (χ4v) is 2.48. The Bertz CT molecular complexity index is 331. The Kier molecular flexibility index (Phi) is 4.57. The molecule has 0 bridgehead atoms. The molecule has 0 aliphatic carbocycles. The van der Waals surface area contributed by atoms with Crippen LogP contribution in [-0.2, 0) is 13.0 Å². The third-order valence-corrected chi connectivity index (χ3v) is 3.51. The van der Waals surface area contributed by atoms with Crippen LogP contribution in [0.2, 0.25) is 0 Å². The van der Waals surface area contributed by atoms with Gasteiger partial charge >= 0.3 is 0 Å². The highest BCUT2D eigenvalue weighted by Gasteiger charge is 2.13. The van der Waals surface area contributed by atoms with Crippen LogP contribution in [0.4, 0.5) is 0 Å². The minimum atomic E-state index is 0.618. The molecule has 1 heterocycles. The summed E-state index contributed by atoms with van der Waals surface area (Å²) in [5.41, 5.74) is 2.87. The normalized spacial score (nSPS) is 22.4. The standard InChI is InChI=1S/C15H24N2/c1-3-14-5-7-15(8-6-14)12-17-10-4-9-16-13(2)11-17/h5-8,13,16H,3-4,9-12H2,1-2H3. The predicted octanol–water partition coefficient (Wildman–Crippen LogP) is 2.43. The van der Waals surface area contributed by atoms with Gasteiger partial charge in [0, 0.05) is 19.1 Å². The van der Waals surface area contributed by atoms with E-state index in [-0.39, 0.29) is 0 Å². The lowest BCUT2D eigenvalue weighted by Gasteiger charge is -2.22. The molecule has 0 radical (unpaired) electrons. The van der Waals surface area contributed by atoms with Crippen LogP contribution in [0.1, 0.15) is 31.4 Å². The van der Waals surface area contributed by atoms with Crippen LogP contribution in [0.25, 0.3) is 0 Å². The van der Waals surface area contributed by atoms with Gasteiger partial charge in [0.2, 0.25) is 0 Å². The summed E-state index contributed by atoms with van der Waals surface area (Å²) >= 11 is 0. The van der Waals surface area contributed by atoms with Crippen LogP contribution in [-0.4, -0.2) is 30.6 Å². The molecule has 94 valence electrons. The van der Waals surface area contributed by atoms with Crippen LogP contribution < -0.4 is 5.32 Å². The first kappa shape index (κ1) is 12.6. The average Bonchev–Trinajstić information content (AvgIpc) is 2.55. The van der Waals surface area contributed by atoms with Crippen molar-refractivity contribution in [2.45, 2.75) is 39.3 Å². The number of rotatable bonds is 3. The van der Waals surface area contributed by atoms with E-state index >= 15 is 0 Å². The first-order valence-corrected chi connectivity index (χ1v) is 6.81. The third kappa shape index (κ3) is 3.83.